The highest BCUT2D eigenvalue weighted by Crippen LogP contribution is 2.28. The lowest BCUT2D eigenvalue weighted by Gasteiger charge is -2.09. The monoisotopic (exact) mass is 491 g/mol. The number of aryl methyl sites for hydroxylation is 1. The molecular weight excluding hydrogens is 466 g/mol. The zero-order valence-electron chi connectivity index (χ0n) is 21.0. The minimum atomic E-state index is 0.523. The molecule has 5 heteroatoms. The molecule has 5 nitrogen and oxygen atoms in total. The van der Waals surface area contributed by atoms with Crippen LogP contribution in [0, 0.1) is 0 Å². The molecule has 0 saturated carbocycles. The lowest BCUT2D eigenvalue weighted by Crippen LogP contribution is -2.02. The number of nitrogens with zero attached hydrogens (tertiary/aromatic N) is 5. The molecule has 0 amide bonds. The van der Waals surface area contributed by atoms with E-state index in [1.54, 1.807) is 12.4 Å². The normalized spacial score (nSPS) is 10.9. The summed E-state index contributed by atoms with van der Waals surface area (Å²) in [7, 11) is 0. The second kappa shape index (κ2) is 10.5. The first-order chi connectivity index (χ1) is 18.8. The van der Waals surface area contributed by atoms with Crippen molar-refractivity contribution in [3.63, 3.8) is 0 Å². The van der Waals surface area contributed by atoms with Gasteiger partial charge < -0.3 is 0 Å². The fourth-order valence-electron chi connectivity index (χ4n) is 4.34. The Morgan fingerprint density at radius 3 is 1.58 bits per heavy atom. The van der Waals surface area contributed by atoms with Gasteiger partial charge in [-0.1, -0.05) is 91.9 Å². The summed E-state index contributed by atoms with van der Waals surface area (Å²) >= 11 is 0. The molecule has 6 rings (SSSR count). The predicted octanol–water partition coefficient (Wildman–Crippen LogP) is 7.56. The maximum absolute atomic E-state index is 4.81. The minimum Gasteiger partial charge on any atom is -0.253 e. The van der Waals surface area contributed by atoms with Crippen LogP contribution in [0.2, 0.25) is 0 Å². The van der Waals surface area contributed by atoms with Crippen LogP contribution in [0.3, 0.4) is 0 Å². The standard InChI is InChI=1S/C33H25N5/c1-2-23-19-21-35-30(22-23)33-37-31(36-32(38-33)29-10-6-7-20-34-29)28-17-15-27(16-18-28)26-13-11-25(12-14-26)24-8-4-3-5-9-24/h3-22H,2H2,1H3. The smallest absolute Gasteiger partial charge is 0.182 e. The van der Waals surface area contributed by atoms with Crippen LogP contribution in [-0.2, 0) is 6.42 Å². The fourth-order valence-corrected chi connectivity index (χ4v) is 4.34. The number of pyridine rings is 2. The zero-order valence-corrected chi connectivity index (χ0v) is 21.0. The molecule has 3 aromatic carbocycles. The van der Waals surface area contributed by atoms with Crippen LogP contribution in [0.1, 0.15) is 12.5 Å². The second-order valence-corrected chi connectivity index (χ2v) is 8.94. The van der Waals surface area contributed by atoms with E-state index in [0.717, 1.165) is 28.8 Å². The van der Waals surface area contributed by atoms with Crippen molar-refractivity contribution in [1.82, 2.24) is 24.9 Å². The maximum Gasteiger partial charge on any atom is 0.182 e. The average Bonchev–Trinajstić information content (AvgIpc) is 3.02. The summed E-state index contributed by atoms with van der Waals surface area (Å²) in [5.74, 6) is 1.65. The Balaban J connectivity index is 1.36. The Labute approximate surface area is 222 Å². The van der Waals surface area contributed by atoms with Crippen molar-refractivity contribution in [3.8, 4) is 56.7 Å². The highest BCUT2D eigenvalue weighted by molar-refractivity contribution is 5.72. The van der Waals surface area contributed by atoms with Crippen LogP contribution in [0.15, 0.2) is 122 Å². The van der Waals surface area contributed by atoms with E-state index in [1.165, 1.54) is 16.7 Å². The summed E-state index contributed by atoms with van der Waals surface area (Å²) in [6.45, 7) is 2.12. The minimum absolute atomic E-state index is 0.523. The lowest BCUT2D eigenvalue weighted by molar-refractivity contribution is 1.04. The number of hydrogen-bond acceptors (Lipinski definition) is 5. The van der Waals surface area contributed by atoms with E-state index in [4.69, 9.17) is 15.0 Å². The number of benzene rings is 3. The molecule has 0 atom stereocenters. The molecule has 0 aliphatic rings. The summed E-state index contributed by atoms with van der Waals surface area (Å²) in [6.07, 6.45) is 4.45. The number of hydrogen-bond donors (Lipinski definition) is 0. The van der Waals surface area contributed by atoms with Gasteiger partial charge in [0.25, 0.3) is 0 Å². The van der Waals surface area contributed by atoms with Gasteiger partial charge in [-0.25, -0.2) is 15.0 Å². The second-order valence-electron chi connectivity index (χ2n) is 8.94. The van der Waals surface area contributed by atoms with Gasteiger partial charge >= 0.3 is 0 Å². The van der Waals surface area contributed by atoms with Gasteiger partial charge in [-0.2, -0.15) is 0 Å². The third-order valence-electron chi connectivity index (χ3n) is 6.46. The van der Waals surface area contributed by atoms with Crippen LogP contribution in [0.4, 0.5) is 0 Å². The summed E-state index contributed by atoms with van der Waals surface area (Å²) in [5.41, 5.74) is 8.20. The molecule has 38 heavy (non-hydrogen) atoms. The van der Waals surface area contributed by atoms with Crippen molar-refractivity contribution in [1.29, 1.82) is 0 Å². The van der Waals surface area contributed by atoms with Crippen LogP contribution in [-0.4, -0.2) is 24.9 Å². The van der Waals surface area contributed by atoms with Crippen molar-refractivity contribution in [3.05, 3.63) is 127 Å². The van der Waals surface area contributed by atoms with E-state index in [-0.39, 0.29) is 0 Å². The molecule has 0 radical (unpaired) electrons. The van der Waals surface area contributed by atoms with Crippen LogP contribution < -0.4 is 0 Å². The Hall–Kier alpha value is -5.03. The van der Waals surface area contributed by atoms with Crippen molar-refractivity contribution in [2.75, 3.05) is 0 Å². The van der Waals surface area contributed by atoms with Gasteiger partial charge in [0.2, 0.25) is 0 Å². The third kappa shape index (κ3) is 4.95. The summed E-state index contributed by atoms with van der Waals surface area (Å²) in [4.78, 5) is 23.3. The van der Waals surface area contributed by atoms with E-state index < -0.39 is 0 Å². The summed E-state index contributed by atoms with van der Waals surface area (Å²) in [6, 6.07) is 37.1. The molecular formula is C33H25N5. The van der Waals surface area contributed by atoms with Gasteiger partial charge in [0, 0.05) is 18.0 Å². The molecule has 0 bridgehead atoms. The molecule has 0 spiro atoms. The van der Waals surface area contributed by atoms with Gasteiger partial charge in [0.15, 0.2) is 17.5 Å². The number of rotatable bonds is 6. The van der Waals surface area contributed by atoms with Crippen molar-refractivity contribution in [2.45, 2.75) is 13.3 Å². The molecule has 182 valence electrons. The molecule has 3 heterocycles. The Morgan fingerprint density at radius 2 is 0.974 bits per heavy atom. The molecule has 0 N–H and O–H groups in total. The maximum atomic E-state index is 4.81. The van der Waals surface area contributed by atoms with Gasteiger partial charge in [-0.3, -0.25) is 9.97 Å². The van der Waals surface area contributed by atoms with E-state index in [0.29, 0.717) is 23.2 Å². The van der Waals surface area contributed by atoms with Gasteiger partial charge in [-0.15, -0.1) is 0 Å². The lowest BCUT2D eigenvalue weighted by atomic mass is 9.99. The quantitative estimate of drug-likeness (QED) is 0.241. The average molecular weight is 492 g/mol. The predicted molar refractivity (Wildman–Crippen MR) is 152 cm³/mol. The Bertz CT molecular complexity index is 1660. The van der Waals surface area contributed by atoms with E-state index in [9.17, 15) is 0 Å². The van der Waals surface area contributed by atoms with E-state index in [2.05, 4.69) is 89.7 Å². The first-order valence-electron chi connectivity index (χ1n) is 12.7. The van der Waals surface area contributed by atoms with Gasteiger partial charge in [0.05, 0.1) is 0 Å². The van der Waals surface area contributed by atoms with Crippen LogP contribution in [0.25, 0.3) is 56.7 Å². The zero-order chi connectivity index (χ0) is 25.7. The highest BCUT2D eigenvalue weighted by Gasteiger charge is 2.14. The van der Waals surface area contributed by atoms with Gasteiger partial charge in [0.1, 0.15) is 11.4 Å². The third-order valence-corrected chi connectivity index (χ3v) is 6.46. The Kier molecular flexibility index (Phi) is 6.48. The molecule has 0 unspecified atom stereocenters. The first-order valence-corrected chi connectivity index (χ1v) is 12.7. The topological polar surface area (TPSA) is 64.5 Å². The summed E-state index contributed by atoms with van der Waals surface area (Å²) in [5, 5.41) is 0. The Morgan fingerprint density at radius 1 is 0.447 bits per heavy atom. The molecule has 6 aromatic rings. The highest BCUT2D eigenvalue weighted by atomic mass is 15.1. The molecule has 0 fully saturated rings. The van der Waals surface area contributed by atoms with E-state index in [1.807, 2.05) is 36.4 Å². The molecule has 0 saturated heterocycles. The number of aromatic nitrogens is 5. The van der Waals surface area contributed by atoms with Crippen molar-refractivity contribution < 1.29 is 0 Å². The van der Waals surface area contributed by atoms with Crippen LogP contribution >= 0.6 is 0 Å². The fraction of sp³-hybridized carbons (Fsp3) is 0.0606. The molecule has 0 aliphatic heterocycles. The van der Waals surface area contributed by atoms with Crippen LogP contribution in [0.5, 0.6) is 0 Å². The molecule has 3 aromatic heterocycles. The van der Waals surface area contributed by atoms with E-state index >= 15 is 0 Å². The largest absolute Gasteiger partial charge is 0.253 e. The molecule has 0 aliphatic carbocycles. The first kappa shape index (κ1) is 23.4. The van der Waals surface area contributed by atoms with Crippen molar-refractivity contribution in [2.24, 2.45) is 0 Å². The summed E-state index contributed by atoms with van der Waals surface area (Å²) < 4.78 is 0. The SMILES string of the molecule is CCc1ccnc(-c2nc(-c3ccc(-c4ccc(-c5ccccc5)cc4)cc3)nc(-c3ccccn3)n2)c1. The van der Waals surface area contributed by atoms with Crippen molar-refractivity contribution >= 4 is 0 Å². The van der Waals surface area contributed by atoms with Gasteiger partial charge in [-0.05, 0) is 58.5 Å².